The predicted molar refractivity (Wildman–Crippen MR) is 103 cm³/mol. The molecule has 0 aliphatic carbocycles. The SMILES string of the molecule is O=C(O)c1ccc(C(=O)O)c(NP(c2ccccc2)c2ccccc2)c1. The molecule has 6 heteroatoms. The number of carbonyl (C=O) groups is 2. The molecule has 0 aliphatic heterocycles. The highest BCUT2D eigenvalue weighted by molar-refractivity contribution is 7.74. The lowest BCUT2D eigenvalue weighted by atomic mass is 10.1. The molecule has 3 rings (SSSR count). The summed E-state index contributed by atoms with van der Waals surface area (Å²) in [5.74, 6) is -2.21. The van der Waals surface area contributed by atoms with E-state index in [9.17, 15) is 19.8 Å². The minimum absolute atomic E-state index is 0.0357. The lowest BCUT2D eigenvalue weighted by molar-refractivity contribution is 0.0682. The second-order valence-corrected chi connectivity index (χ2v) is 7.42. The van der Waals surface area contributed by atoms with E-state index < -0.39 is 20.0 Å². The van der Waals surface area contributed by atoms with E-state index in [1.54, 1.807) is 0 Å². The van der Waals surface area contributed by atoms with Crippen LogP contribution >= 0.6 is 8.07 Å². The molecule has 0 saturated carbocycles. The maximum atomic E-state index is 11.6. The minimum Gasteiger partial charge on any atom is -0.478 e. The first kappa shape index (κ1) is 17.6. The van der Waals surface area contributed by atoms with Gasteiger partial charge in [0.1, 0.15) is 0 Å². The maximum Gasteiger partial charge on any atom is 0.337 e. The highest BCUT2D eigenvalue weighted by Crippen LogP contribution is 2.36. The maximum absolute atomic E-state index is 11.6. The van der Waals surface area contributed by atoms with Crippen LogP contribution in [-0.2, 0) is 0 Å². The van der Waals surface area contributed by atoms with E-state index in [0.717, 1.165) is 10.6 Å². The average molecular weight is 365 g/mol. The van der Waals surface area contributed by atoms with Crippen LogP contribution in [0.1, 0.15) is 20.7 Å². The number of hydrogen-bond donors (Lipinski definition) is 3. The number of carboxylic acids is 2. The molecule has 3 aromatic carbocycles. The molecule has 3 N–H and O–H groups in total. The van der Waals surface area contributed by atoms with Crippen molar-refractivity contribution in [1.29, 1.82) is 0 Å². The van der Waals surface area contributed by atoms with Gasteiger partial charge in [0.25, 0.3) is 0 Å². The monoisotopic (exact) mass is 365 g/mol. The molecule has 130 valence electrons. The highest BCUT2D eigenvalue weighted by atomic mass is 31.1. The van der Waals surface area contributed by atoms with Crippen LogP contribution in [-0.4, -0.2) is 22.2 Å². The number of aromatic carboxylic acids is 2. The third-order valence-corrected chi connectivity index (χ3v) is 5.85. The normalized spacial score (nSPS) is 10.5. The second kappa shape index (κ2) is 7.81. The van der Waals surface area contributed by atoms with Crippen molar-refractivity contribution in [3.05, 3.63) is 90.0 Å². The quantitative estimate of drug-likeness (QED) is 0.582. The molecule has 0 spiro atoms. The topological polar surface area (TPSA) is 86.6 Å². The number of nitrogens with one attached hydrogen (secondary N) is 1. The van der Waals surface area contributed by atoms with Crippen LogP contribution in [0, 0.1) is 0 Å². The van der Waals surface area contributed by atoms with Crippen LogP contribution in [0.2, 0.25) is 0 Å². The molecular weight excluding hydrogens is 349 g/mol. The van der Waals surface area contributed by atoms with E-state index in [-0.39, 0.29) is 16.8 Å². The van der Waals surface area contributed by atoms with E-state index in [1.807, 2.05) is 60.7 Å². The van der Waals surface area contributed by atoms with Crippen LogP contribution in [0.5, 0.6) is 0 Å². The van der Waals surface area contributed by atoms with Gasteiger partial charge >= 0.3 is 11.9 Å². The van der Waals surface area contributed by atoms with Crippen LogP contribution in [0.4, 0.5) is 5.69 Å². The smallest absolute Gasteiger partial charge is 0.337 e. The molecule has 0 saturated heterocycles. The summed E-state index contributed by atoms with van der Waals surface area (Å²) in [6, 6.07) is 23.3. The van der Waals surface area contributed by atoms with E-state index in [0.29, 0.717) is 0 Å². The average Bonchev–Trinajstić information content (AvgIpc) is 2.67. The van der Waals surface area contributed by atoms with Crippen molar-refractivity contribution in [2.45, 2.75) is 0 Å². The first-order chi connectivity index (χ1) is 12.6. The van der Waals surface area contributed by atoms with Gasteiger partial charge in [-0.05, 0) is 18.2 Å². The summed E-state index contributed by atoms with van der Waals surface area (Å²) < 4.78 is 0. The summed E-state index contributed by atoms with van der Waals surface area (Å²) in [4.78, 5) is 22.9. The summed E-state index contributed by atoms with van der Waals surface area (Å²) in [7, 11) is -1.11. The van der Waals surface area contributed by atoms with Gasteiger partial charge in [0.2, 0.25) is 0 Å². The Labute approximate surface area is 151 Å². The van der Waals surface area contributed by atoms with Crippen LogP contribution < -0.4 is 15.7 Å². The molecule has 0 unspecified atom stereocenters. The molecule has 0 bridgehead atoms. The van der Waals surface area contributed by atoms with Gasteiger partial charge in [-0.25, -0.2) is 9.59 Å². The van der Waals surface area contributed by atoms with Crippen molar-refractivity contribution < 1.29 is 19.8 Å². The van der Waals surface area contributed by atoms with Crippen molar-refractivity contribution in [2.24, 2.45) is 0 Å². The summed E-state index contributed by atoms with van der Waals surface area (Å²) >= 11 is 0. The predicted octanol–water partition coefficient (Wildman–Crippen LogP) is 3.54. The second-order valence-electron chi connectivity index (χ2n) is 5.49. The largest absolute Gasteiger partial charge is 0.478 e. The van der Waals surface area contributed by atoms with E-state index >= 15 is 0 Å². The molecule has 0 aliphatic rings. The van der Waals surface area contributed by atoms with E-state index in [2.05, 4.69) is 5.09 Å². The number of rotatable bonds is 6. The number of benzene rings is 3. The van der Waals surface area contributed by atoms with Gasteiger partial charge in [0.15, 0.2) is 0 Å². The fourth-order valence-electron chi connectivity index (χ4n) is 2.51. The third kappa shape index (κ3) is 3.90. The van der Waals surface area contributed by atoms with Crippen molar-refractivity contribution in [2.75, 3.05) is 5.09 Å². The van der Waals surface area contributed by atoms with Crippen molar-refractivity contribution in [1.82, 2.24) is 0 Å². The first-order valence-corrected chi connectivity index (χ1v) is 9.18. The van der Waals surface area contributed by atoms with Gasteiger partial charge in [-0.1, -0.05) is 60.7 Å². The Kier molecular flexibility index (Phi) is 5.30. The Bertz CT molecular complexity index is 890. The fourth-order valence-corrected chi connectivity index (χ4v) is 4.43. The molecule has 3 aromatic rings. The molecule has 5 nitrogen and oxygen atoms in total. The van der Waals surface area contributed by atoms with Gasteiger partial charge in [0.05, 0.1) is 24.9 Å². The molecular formula is C20H16NO4P. The van der Waals surface area contributed by atoms with Crippen LogP contribution in [0.15, 0.2) is 78.9 Å². The fraction of sp³-hybridized carbons (Fsp3) is 0. The zero-order valence-corrected chi connectivity index (χ0v) is 14.6. The lowest BCUT2D eigenvalue weighted by Crippen LogP contribution is -2.18. The van der Waals surface area contributed by atoms with E-state index in [1.165, 1.54) is 18.2 Å². The Morgan fingerprint density at radius 2 is 1.27 bits per heavy atom. The molecule has 0 aromatic heterocycles. The van der Waals surface area contributed by atoms with Gasteiger partial charge in [-0.15, -0.1) is 0 Å². The van der Waals surface area contributed by atoms with Crippen LogP contribution in [0.25, 0.3) is 0 Å². The number of carboxylic acid groups (broad SMARTS) is 2. The summed E-state index contributed by atoms with van der Waals surface area (Å²) in [5, 5.41) is 24.0. The zero-order valence-electron chi connectivity index (χ0n) is 13.7. The van der Waals surface area contributed by atoms with Gasteiger partial charge in [-0.2, -0.15) is 0 Å². The molecule has 0 atom stereocenters. The Balaban J connectivity index is 2.08. The standard InChI is InChI=1S/C20H16NO4P/c22-19(23)14-11-12-17(20(24)25)18(13-14)21-26(15-7-3-1-4-8-15)16-9-5-2-6-10-16/h1-13,21H,(H,22,23)(H,24,25). The van der Waals surface area contributed by atoms with Crippen molar-refractivity contribution in [3.8, 4) is 0 Å². The Hall–Kier alpha value is -3.17. The molecule has 0 fully saturated rings. The zero-order chi connectivity index (χ0) is 18.5. The van der Waals surface area contributed by atoms with Crippen molar-refractivity contribution >= 4 is 36.3 Å². The lowest BCUT2D eigenvalue weighted by Gasteiger charge is -2.22. The molecule has 0 radical (unpaired) electrons. The Morgan fingerprint density at radius 1 is 0.731 bits per heavy atom. The van der Waals surface area contributed by atoms with Gasteiger partial charge in [-0.3, -0.25) is 0 Å². The summed E-state index contributed by atoms with van der Waals surface area (Å²) in [5.41, 5.74) is 0.360. The highest BCUT2D eigenvalue weighted by Gasteiger charge is 2.19. The molecule has 0 amide bonds. The van der Waals surface area contributed by atoms with Crippen LogP contribution in [0.3, 0.4) is 0 Å². The number of anilines is 1. The molecule has 26 heavy (non-hydrogen) atoms. The minimum atomic E-state index is -1.11. The summed E-state index contributed by atoms with van der Waals surface area (Å²) in [6.07, 6.45) is 0. The summed E-state index contributed by atoms with van der Waals surface area (Å²) in [6.45, 7) is 0. The Morgan fingerprint density at radius 3 is 1.73 bits per heavy atom. The van der Waals surface area contributed by atoms with Gasteiger partial charge in [0, 0.05) is 10.6 Å². The first-order valence-electron chi connectivity index (χ1n) is 7.84. The van der Waals surface area contributed by atoms with Gasteiger partial charge < -0.3 is 15.3 Å². The van der Waals surface area contributed by atoms with Crippen molar-refractivity contribution in [3.63, 3.8) is 0 Å². The molecule has 0 heterocycles. The third-order valence-electron chi connectivity index (χ3n) is 3.76. The number of hydrogen-bond acceptors (Lipinski definition) is 3. The van der Waals surface area contributed by atoms with E-state index in [4.69, 9.17) is 0 Å².